The first-order chi connectivity index (χ1) is 7.27. The van der Waals surface area contributed by atoms with Crippen molar-refractivity contribution < 1.29 is 14.3 Å². The standard InChI is InChI=1S/C12H12O3/c1-15-12-4-2-3-8-9(12)5-6-11(14)10(8)7-13/h2-4,7,10H,5-6H2,1H3. The van der Waals surface area contributed by atoms with Crippen LogP contribution in [-0.4, -0.2) is 19.2 Å². The predicted octanol–water partition coefficient (Wildman–Crippen LogP) is 1.49. The van der Waals surface area contributed by atoms with Crippen LogP contribution in [0.2, 0.25) is 0 Å². The third-order valence-corrected chi connectivity index (χ3v) is 2.83. The Morgan fingerprint density at radius 2 is 2.20 bits per heavy atom. The topological polar surface area (TPSA) is 43.4 Å². The van der Waals surface area contributed by atoms with Gasteiger partial charge in [0.05, 0.1) is 13.0 Å². The fourth-order valence-corrected chi connectivity index (χ4v) is 2.06. The Bertz CT molecular complexity index is 409. The molecule has 1 atom stereocenters. The van der Waals surface area contributed by atoms with Crippen LogP contribution in [0.4, 0.5) is 0 Å². The van der Waals surface area contributed by atoms with Crippen molar-refractivity contribution in [1.29, 1.82) is 0 Å². The minimum absolute atomic E-state index is 0.00533. The van der Waals surface area contributed by atoms with Crippen LogP contribution in [0.3, 0.4) is 0 Å². The number of methoxy groups -OCH3 is 1. The van der Waals surface area contributed by atoms with E-state index in [9.17, 15) is 9.59 Å². The zero-order valence-electron chi connectivity index (χ0n) is 8.53. The zero-order valence-corrected chi connectivity index (χ0v) is 8.53. The Labute approximate surface area is 88.1 Å². The molecule has 0 N–H and O–H groups in total. The van der Waals surface area contributed by atoms with Crippen LogP contribution in [-0.2, 0) is 16.0 Å². The predicted molar refractivity (Wildman–Crippen MR) is 55.1 cm³/mol. The van der Waals surface area contributed by atoms with E-state index in [0.717, 1.165) is 23.2 Å². The summed E-state index contributed by atoms with van der Waals surface area (Å²) in [6, 6.07) is 5.50. The molecule has 1 aromatic rings. The fraction of sp³-hybridized carbons (Fsp3) is 0.333. The van der Waals surface area contributed by atoms with Crippen LogP contribution in [0.15, 0.2) is 18.2 Å². The maximum atomic E-state index is 11.5. The van der Waals surface area contributed by atoms with Crippen LogP contribution in [0, 0.1) is 0 Å². The van der Waals surface area contributed by atoms with Crippen LogP contribution in [0.25, 0.3) is 0 Å². The van der Waals surface area contributed by atoms with Crippen molar-refractivity contribution in [2.75, 3.05) is 7.11 Å². The molecule has 0 saturated carbocycles. The number of aldehydes is 1. The molecule has 15 heavy (non-hydrogen) atoms. The van der Waals surface area contributed by atoms with Gasteiger partial charge < -0.3 is 9.53 Å². The second kappa shape index (κ2) is 3.85. The largest absolute Gasteiger partial charge is 0.496 e. The molecule has 3 nitrogen and oxygen atoms in total. The SMILES string of the molecule is COc1cccc2c1CCC(=O)C2C=O. The first-order valence-corrected chi connectivity index (χ1v) is 4.91. The number of benzene rings is 1. The van der Waals surface area contributed by atoms with E-state index in [-0.39, 0.29) is 5.78 Å². The van der Waals surface area contributed by atoms with E-state index in [1.165, 1.54) is 0 Å². The number of rotatable bonds is 2. The Morgan fingerprint density at radius 3 is 2.87 bits per heavy atom. The number of carbonyl (C=O) groups is 2. The van der Waals surface area contributed by atoms with Crippen LogP contribution < -0.4 is 4.74 Å². The third-order valence-electron chi connectivity index (χ3n) is 2.83. The van der Waals surface area contributed by atoms with E-state index < -0.39 is 5.92 Å². The van der Waals surface area contributed by atoms with Crippen molar-refractivity contribution in [3.63, 3.8) is 0 Å². The summed E-state index contributed by atoms with van der Waals surface area (Å²) >= 11 is 0. The highest BCUT2D eigenvalue weighted by Crippen LogP contribution is 2.33. The molecule has 0 aromatic heterocycles. The second-order valence-electron chi connectivity index (χ2n) is 3.61. The first-order valence-electron chi connectivity index (χ1n) is 4.91. The van der Waals surface area contributed by atoms with Gasteiger partial charge in [0, 0.05) is 6.42 Å². The van der Waals surface area contributed by atoms with E-state index in [1.807, 2.05) is 18.2 Å². The molecule has 0 fully saturated rings. The average Bonchev–Trinajstić information content (AvgIpc) is 2.28. The highest BCUT2D eigenvalue weighted by Gasteiger charge is 2.28. The zero-order chi connectivity index (χ0) is 10.8. The van der Waals surface area contributed by atoms with Crippen LogP contribution >= 0.6 is 0 Å². The number of hydrogen-bond acceptors (Lipinski definition) is 3. The highest BCUT2D eigenvalue weighted by molar-refractivity contribution is 6.00. The van der Waals surface area contributed by atoms with Gasteiger partial charge in [0.1, 0.15) is 17.8 Å². The minimum atomic E-state index is -0.594. The molecule has 1 aliphatic rings. The van der Waals surface area contributed by atoms with Gasteiger partial charge in [-0.05, 0) is 23.6 Å². The van der Waals surface area contributed by atoms with Gasteiger partial charge in [-0.1, -0.05) is 12.1 Å². The molecular formula is C12H12O3. The maximum absolute atomic E-state index is 11.5. The van der Waals surface area contributed by atoms with Gasteiger partial charge in [0.15, 0.2) is 0 Å². The van der Waals surface area contributed by atoms with Crippen molar-refractivity contribution in [3.8, 4) is 5.75 Å². The van der Waals surface area contributed by atoms with E-state index in [4.69, 9.17) is 4.74 Å². The monoisotopic (exact) mass is 204 g/mol. The molecule has 0 radical (unpaired) electrons. The first kappa shape index (κ1) is 9.90. The average molecular weight is 204 g/mol. The van der Waals surface area contributed by atoms with Crippen molar-refractivity contribution in [2.45, 2.75) is 18.8 Å². The summed E-state index contributed by atoms with van der Waals surface area (Å²) in [4.78, 5) is 22.4. The molecule has 1 unspecified atom stereocenters. The molecule has 0 heterocycles. The summed E-state index contributed by atoms with van der Waals surface area (Å²) in [7, 11) is 1.60. The fourth-order valence-electron chi connectivity index (χ4n) is 2.06. The highest BCUT2D eigenvalue weighted by atomic mass is 16.5. The number of fused-ring (bicyclic) bond motifs is 1. The Balaban J connectivity index is 2.54. The molecule has 0 saturated heterocycles. The van der Waals surface area contributed by atoms with Gasteiger partial charge in [0.2, 0.25) is 0 Å². The van der Waals surface area contributed by atoms with Crippen LogP contribution in [0.1, 0.15) is 23.5 Å². The molecule has 1 aliphatic carbocycles. The summed E-state index contributed by atoms with van der Waals surface area (Å²) in [6.45, 7) is 0. The summed E-state index contributed by atoms with van der Waals surface area (Å²) in [5.41, 5.74) is 1.80. The lowest BCUT2D eigenvalue weighted by Crippen LogP contribution is -2.21. The van der Waals surface area contributed by atoms with Gasteiger partial charge in [-0.15, -0.1) is 0 Å². The summed E-state index contributed by atoms with van der Waals surface area (Å²) in [5, 5.41) is 0. The normalized spacial score (nSPS) is 19.5. The van der Waals surface area contributed by atoms with Crippen molar-refractivity contribution in [2.24, 2.45) is 0 Å². The third kappa shape index (κ3) is 1.54. The second-order valence-corrected chi connectivity index (χ2v) is 3.61. The summed E-state index contributed by atoms with van der Waals surface area (Å²) in [6.07, 6.45) is 1.82. The Hall–Kier alpha value is -1.64. The summed E-state index contributed by atoms with van der Waals surface area (Å²) < 4.78 is 5.21. The number of carbonyl (C=O) groups excluding carboxylic acids is 2. The van der Waals surface area contributed by atoms with Crippen LogP contribution in [0.5, 0.6) is 5.75 Å². The molecule has 1 aromatic carbocycles. The maximum Gasteiger partial charge on any atom is 0.147 e. The molecule has 3 heteroatoms. The van der Waals surface area contributed by atoms with E-state index in [0.29, 0.717) is 12.8 Å². The number of Topliss-reactive ketones (excluding diaryl/α,β-unsaturated/α-hetero) is 1. The van der Waals surface area contributed by atoms with Gasteiger partial charge in [-0.3, -0.25) is 4.79 Å². The molecule has 0 aliphatic heterocycles. The molecular weight excluding hydrogens is 192 g/mol. The van der Waals surface area contributed by atoms with Crippen molar-refractivity contribution in [1.82, 2.24) is 0 Å². The van der Waals surface area contributed by atoms with Gasteiger partial charge in [-0.2, -0.15) is 0 Å². The lowest BCUT2D eigenvalue weighted by Gasteiger charge is -2.21. The smallest absolute Gasteiger partial charge is 0.147 e. The lowest BCUT2D eigenvalue weighted by molar-refractivity contribution is -0.124. The van der Waals surface area contributed by atoms with Gasteiger partial charge >= 0.3 is 0 Å². The van der Waals surface area contributed by atoms with E-state index >= 15 is 0 Å². The molecule has 78 valence electrons. The molecule has 0 spiro atoms. The van der Waals surface area contributed by atoms with E-state index in [2.05, 4.69) is 0 Å². The molecule has 0 bridgehead atoms. The number of hydrogen-bond donors (Lipinski definition) is 0. The van der Waals surface area contributed by atoms with Gasteiger partial charge in [0.25, 0.3) is 0 Å². The van der Waals surface area contributed by atoms with Crippen molar-refractivity contribution in [3.05, 3.63) is 29.3 Å². The quantitative estimate of drug-likeness (QED) is 0.541. The Morgan fingerprint density at radius 1 is 1.40 bits per heavy atom. The van der Waals surface area contributed by atoms with Gasteiger partial charge in [-0.25, -0.2) is 0 Å². The Kier molecular flexibility index (Phi) is 2.54. The molecule has 2 rings (SSSR count). The summed E-state index contributed by atoms with van der Waals surface area (Å²) in [5.74, 6) is 0.182. The lowest BCUT2D eigenvalue weighted by atomic mass is 9.82. The van der Waals surface area contributed by atoms with Crippen molar-refractivity contribution >= 4 is 12.1 Å². The van der Waals surface area contributed by atoms with E-state index in [1.54, 1.807) is 7.11 Å². The minimum Gasteiger partial charge on any atom is -0.496 e. The number of ketones is 1. The number of ether oxygens (including phenoxy) is 1. The molecule has 0 amide bonds.